The highest BCUT2D eigenvalue weighted by molar-refractivity contribution is 9.10. The number of anilines is 1. The van der Waals surface area contributed by atoms with Crippen LogP contribution in [0.3, 0.4) is 0 Å². The van der Waals surface area contributed by atoms with Crippen LogP contribution in [0.4, 0.5) is 5.69 Å². The minimum atomic E-state index is -0.159. The normalized spacial score (nSPS) is 15.5. The first-order valence-electron chi connectivity index (χ1n) is 8.56. The molecular weight excluding hydrogens is 404 g/mol. The first-order chi connectivity index (χ1) is 13.0. The maximum absolute atomic E-state index is 12.8. The monoisotopic (exact) mass is 420 g/mol. The number of benzene rings is 2. The predicted molar refractivity (Wildman–Crippen MR) is 112 cm³/mol. The number of hydrazone groups is 1. The van der Waals surface area contributed by atoms with Crippen molar-refractivity contribution in [3.63, 3.8) is 0 Å². The molecule has 0 N–H and O–H groups in total. The zero-order valence-corrected chi connectivity index (χ0v) is 16.5. The average molecular weight is 421 g/mol. The van der Waals surface area contributed by atoms with Crippen molar-refractivity contribution in [1.82, 2.24) is 0 Å². The predicted octanol–water partition coefficient (Wildman–Crippen LogP) is 5.82. The fourth-order valence-electron chi connectivity index (χ4n) is 2.97. The highest BCUT2D eigenvalue weighted by Gasteiger charge is 2.28. The number of hydrogen-bond acceptors (Lipinski definition) is 3. The molecule has 0 fully saturated rings. The molecular formula is C22H17BrN2O2. The minimum absolute atomic E-state index is 0.159. The van der Waals surface area contributed by atoms with Gasteiger partial charge >= 0.3 is 0 Å². The maximum Gasteiger partial charge on any atom is 0.280 e. The molecule has 0 spiro atoms. The number of aryl methyl sites for hydroxylation is 1. The average Bonchev–Trinajstić information content (AvgIpc) is 3.22. The van der Waals surface area contributed by atoms with Crippen molar-refractivity contribution in [2.75, 3.05) is 5.01 Å². The quantitative estimate of drug-likeness (QED) is 0.500. The van der Waals surface area contributed by atoms with E-state index < -0.39 is 0 Å². The Morgan fingerprint density at radius 2 is 1.81 bits per heavy atom. The van der Waals surface area contributed by atoms with Gasteiger partial charge < -0.3 is 4.42 Å². The second-order valence-corrected chi connectivity index (χ2v) is 7.24. The highest BCUT2D eigenvalue weighted by Crippen LogP contribution is 2.32. The van der Waals surface area contributed by atoms with Gasteiger partial charge in [-0.1, -0.05) is 40.2 Å². The molecule has 0 unspecified atom stereocenters. The van der Waals surface area contributed by atoms with E-state index in [1.807, 2.05) is 74.5 Å². The van der Waals surface area contributed by atoms with E-state index in [2.05, 4.69) is 21.0 Å². The van der Waals surface area contributed by atoms with Gasteiger partial charge in [0.1, 0.15) is 11.5 Å². The van der Waals surface area contributed by atoms with Crippen LogP contribution in [0.25, 0.3) is 17.4 Å². The first-order valence-corrected chi connectivity index (χ1v) is 9.35. The van der Waals surface area contributed by atoms with Crippen LogP contribution in [0.5, 0.6) is 0 Å². The summed E-state index contributed by atoms with van der Waals surface area (Å²) in [6.45, 7) is 3.87. The van der Waals surface area contributed by atoms with E-state index in [1.165, 1.54) is 10.6 Å². The topological polar surface area (TPSA) is 45.8 Å². The van der Waals surface area contributed by atoms with Crippen LogP contribution in [0, 0.1) is 6.92 Å². The lowest BCUT2D eigenvalue weighted by molar-refractivity contribution is -0.114. The SMILES string of the molecule is CC1=NN(c2ccccc2)C(=O)/C1=C\c1ccc(-c2ccc(C)cc2Br)o1. The number of hydrogen-bond donors (Lipinski definition) is 0. The number of carbonyl (C=O) groups is 1. The Morgan fingerprint density at radius 3 is 2.56 bits per heavy atom. The maximum atomic E-state index is 12.8. The van der Waals surface area contributed by atoms with E-state index in [-0.39, 0.29) is 5.91 Å². The second-order valence-electron chi connectivity index (χ2n) is 6.38. The van der Waals surface area contributed by atoms with Gasteiger partial charge in [0.15, 0.2) is 0 Å². The highest BCUT2D eigenvalue weighted by atomic mass is 79.9. The molecule has 0 saturated heterocycles. The lowest BCUT2D eigenvalue weighted by Gasteiger charge is -2.10. The van der Waals surface area contributed by atoms with Crippen LogP contribution in [0.15, 0.2) is 80.2 Å². The third-order valence-electron chi connectivity index (χ3n) is 4.37. The molecule has 4 rings (SSSR count). The van der Waals surface area contributed by atoms with Crippen LogP contribution in [0.2, 0.25) is 0 Å². The van der Waals surface area contributed by atoms with Crippen molar-refractivity contribution in [3.05, 3.63) is 82.0 Å². The first kappa shape index (κ1) is 17.5. The molecule has 0 atom stereocenters. The Hall–Kier alpha value is -2.92. The molecule has 1 aromatic heterocycles. The largest absolute Gasteiger partial charge is 0.457 e. The second kappa shape index (κ2) is 7.00. The molecule has 1 amide bonds. The summed E-state index contributed by atoms with van der Waals surface area (Å²) in [5, 5.41) is 5.81. The summed E-state index contributed by atoms with van der Waals surface area (Å²) in [7, 11) is 0. The van der Waals surface area contributed by atoms with Crippen molar-refractivity contribution in [2.24, 2.45) is 5.10 Å². The summed E-state index contributed by atoms with van der Waals surface area (Å²) >= 11 is 3.58. The van der Waals surface area contributed by atoms with E-state index in [1.54, 1.807) is 6.08 Å². The number of para-hydroxylation sites is 1. The van der Waals surface area contributed by atoms with Crippen LogP contribution >= 0.6 is 15.9 Å². The molecule has 0 aliphatic carbocycles. The van der Waals surface area contributed by atoms with E-state index in [4.69, 9.17) is 4.42 Å². The molecule has 1 aliphatic rings. The third-order valence-corrected chi connectivity index (χ3v) is 5.02. The lowest BCUT2D eigenvalue weighted by atomic mass is 10.1. The van der Waals surface area contributed by atoms with Crippen molar-refractivity contribution in [3.8, 4) is 11.3 Å². The number of amides is 1. The summed E-state index contributed by atoms with van der Waals surface area (Å²) < 4.78 is 6.93. The molecule has 5 heteroatoms. The van der Waals surface area contributed by atoms with Gasteiger partial charge in [-0.15, -0.1) is 0 Å². The Bertz CT molecular complexity index is 1080. The van der Waals surface area contributed by atoms with Gasteiger partial charge in [-0.3, -0.25) is 4.79 Å². The summed E-state index contributed by atoms with van der Waals surface area (Å²) in [6, 6.07) is 19.3. The van der Waals surface area contributed by atoms with Crippen molar-refractivity contribution in [1.29, 1.82) is 0 Å². The van der Waals surface area contributed by atoms with Crippen molar-refractivity contribution < 1.29 is 9.21 Å². The van der Waals surface area contributed by atoms with Crippen LogP contribution in [-0.4, -0.2) is 11.6 Å². The van der Waals surface area contributed by atoms with Gasteiger partial charge in [0.05, 0.1) is 17.0 Å². The fourth-order valence-corrected chi connectivity index (χ4v) is 3.65. The van der Waals surface area contributed by atoms with Crippen LogP contribution in [-0.2, 0) is 4.79 Å². The number of furan rings is 1. The lowest BCUT2D eigenvalue weighted by Crippen LogP contribution is -2.21. The minimum Gasteiger partial charge on any atom is -0.457 e. The molecule has 0 saturated carbocycles. The molecule has 134 valence electrons. The number of nitrogens with zero attached hydrogens (tertiary/aromatic N) is 2. The summed E-state index contributed by atoms with van der Waals surface area (Å²) in [4.78, 5) is 12.8. The zero-order chi connectivity index (χ0) is 19.0. The smallest absolute Gasteiger partial charge is 0.280 e. The molecule has 2 heterocycles. The number of halogens is 1. The van der Waals surface area contributed by atoms with Gasteiger partial charge in [-0.2, -0.15) is 10.1 Å². The Labute approximate surface area is 165 Å². The van der Waals surface area contributed by atoms with Gasteiger partial charge in [-0.05, 0) is 61.9 Å². The summed E-state index contributed by atoms with van der Waals surface area (Å²) in [5.74, 6) is 1.20. The van der Waals surface area contributed by atoms with E-state index in [0.717, 1.165) is 21.5 Å². The van der Waals surface area contributed by atoms with Gasteiger partial charge in [0, 0.05) is 10.0 Å². The molecule has 2 aromatic carbocycles. The Balaban J connectivity index is 1.64. The molecule has 27 heavy (non-hydrogen) atoms. The summed E-state index contributed by atoms with van der Waals surface area (Å²) in [5.41, 5.74) is 4.08. The molecule has 3 aromatic rings. The van der Waals surface area contributed by atoms with E-state index in [0.29, 0.717) is 17.0 Å². The van der Waals surface area contributed by atoms with Crippen LogP contribution < -0.4 is 5.01 Å². The zero-order valence-electron chi connectivity index (χ0n) is 14.9. The summed E-state index contributed by atoms with van der Waals surface area (Å²) in [6.07, 6.45) is 1.75. The van der Waals surface area contributed by atoms with Crippen molar-refractivity contribution in [2.45, 2.75) is 13.8 Å². The Morgan fingerprint density at radius 1 is 1.04 bits per heavy atom. The van der Waals surface area contributed by atoms with E-state index >= 15 is 0 Å². The van der Waals surface area contributed by atoms with Gasteiger partial charge in [-0.25, -0.2) is 0 Å². The van der Waals surface area contributed by atoms with Gasteiger partial charge in [0.2, 0.25) is 0 Å². The number of rotatable bonds is 3. The number of carbonyl (C=O) groups excluding carboxylic acids is 1. The van der Waals surface area contributed by atoms with Gasteiger partial charge in [0.25, 0.3) is 5.91 Å². The Kier molecular flexibility index (Phi) is 4.54. The van der Waals surface area contributed by atoms with Crippen molar-refractivity contribution >= 4 is 39.3 Å². The molecule has 1 aliphatic heterocycles. The standard InChI is InChI=1S/C22H17BrN2O2/c1-14-8-10-18(20(23)12-14)21-11-9-17(27-21)13-19-15(2)24-25(22(19)26)16-6-4-3-5-7-16/h3-13H,1-2H3/b19-13-. The van der Waals surface area contributed by atoms with Crippen LogP contribution in [0.1, 0.15) is 18.2 Å². The fraction of sp³-hybridized carbons (Fsp3) is 0.0909. The molecule has 0 bridgehead atoms. The molecule has 0 radical (unpaired) electrons. The molecule has 4 nitrogen and oxygen atoms in total. The van der Waals surface area contributed by atoms with E-state index in [9.17, 15) is 4.79 Å². The third kappa shape index (κ3) is 3.38.